The molecule has 2 N–H and O–H groups in total. The van der Waals surface area contributed by atoms with Crippen LogP contribution >= 0.6 is 22.9 Å². The topological polar surface area (TPSA) is 88.7 Å². The van der Waals surface area contributed by atoms with Crippen LogP contribution in [0.15, 0.2) is 29.5 Å². The molecule has 0 fully saturated rings. The molecule has 2 aromatic rings. The third-order valence-electron chi connectivity index (χ3n) is 3.90. The molecule has 0 spiro atoms. The Hall–Kier alpha value is -1.64. The van der Waals surface area contributed by atoms with Crippen LogP contribution in [0.1, 0.15) is 17.4 Å². The molecule has 128 valence electrons. The summed E-state index contributed by atoms with van der Waals surface area (Å²) in [5.74, 6) is -0.213. The molecule has 3 heterocycles. The number of aromatic nitrogens is 1. The first-order chi connectivity index (χ1) is 11.1. The number of sulfonamides is 1. The number of halogens is 1. The first kappa shape index (κ1) is 17.2. The van der Waals surface area contributed by atoms with E-state index in [1.807, 2.05) is 19.1 Å². The molecule has 1 unspecified atom stereocenters. The molecule has 0 radical (unpaired) electrons. The van der Waals surface area contributed by atoms with Gasteiger partial charge in [-0.2, -0.15) is 0 Å². The van der Waals surface area contributed by atoms with Crippen LogP contribution in [0.25, 0.3) is 10.4 Å². The van der Waals surface area contributed by atoms with Crippen molar-refractivity contribution < 1.29 is 8.42 Å². The first-order valence-corrected chi connectivity index (χ1v) is 9.96. The molecule has 24 heavy (non-hydrogen) atoms. The number of hydrogen-bond acceptors (Lipinski definition) is 6. The molecular formula is C15H17ClN4O2S2. The standard InChI is InChI=1S/C15H17ClN4O2S2/c1-9-4-10(7-18-6-9)12-5-11(16)13(23-12)15(2)8-24(21,22)20(3)14(17)19-15/h4-7H,8H2,1-3H3,(H2,17,19). The van der Waals surface area contributed by atoms with Crippen LogP contribution in [0.2, 0.25) is 5.02 Å². The van der Waals surface area contributed by atoms with Crippen molar-refractivity contribution in [2.75, 3.05) is 12.8 Å². The highest BCUT2D eigenvalue weighted by Gasteiger charge is 2.42. The molecule has 0 saturated carbocycles. The molecule has 2 aromatic heterocycles. The minimum Gasteiger partial charge on any atom is -0.369 e. The number of pyridine rings is 1. The Morgan fingerprint density at radius 3 is 2.71 bits per heavy atom. The minimum absolute atomic E-state index is 0.0352. The van der Waals surface area contributed by atoms with Gasteiger partial charge in [0, 0.05) is 29.9 Å². The summed E-state index contributed by atoms with van der Waals surface area (Å²) in [6.07, 6.45) is 3.53. The maximum atomic E-state index is 12.3. The van der Waals surface area contributed by atoms with E-state index >= 15 is 0 Å². The lowest BCUT2D eigenvalue weighted by Gasteiger charge is -2.33. The maximum absolute atomic E-state index is 12.3. The normalized spacial score (nSPS) is 23.2. The second kappa shape index (κ2) is 5.72. The van der Waals surface area contributed by atoms with Crippen molar-refractivity contribution in [3.63, 3.8) is 0 Å². The van der Waals surface area contributed by atoms with Crippen molar-refractivity contribution in [1.29, 1.82) is 0 Å². The number of aliphatic imine (C=N–C) groups is 1. The van der Waals surface area contributed by atoms with Crippen LogP contribution in [0.3, 0.4) is 0 Å². The van der Waals surface area contributed by atoms with Gasteiger partial charge in [0.05, 0.1) is 15.7 Å². The number of nitrogens with two attached hydrogens (primary N) is 1. The summed E-state index contributed by atoms with van der Waals surface area (Å²) < 4.78 is 25.7. The molecule has 0 amide bonds. The number of thiophene rings is 1. The smallest absolute Gasteiger partial charge is 0.239 e. The summed E-state index contributed by atoms with van der Waals surface area (Å²) in [5, 5.41) is 0.482. The van der Waals surface area contributed by atoms with E-state index < -0.39 is 15.6 Å². The number of nitrogens with zero attached hydrogens (tertiary/aromatic N) is 3. The van der Waals surface area contributed by atoms with Gasteiger partial charge in [-0.3, -0.25) is 4.98 Å². The van der Waals surface area contributed by atoms with E-state index in [-0.39, 0.29) is 11.7 Å². The average molecular weight is 385 g/mol. The quantitative estimate of drug-likeness (QED) is 0.861. The highest BCUT2D eigenvalue weighted by molar-refractivity contribution is 7.89. The van der Waals surface area contributed by atoms with E-state index in [4.69, 9.17) is 17.3 Å². The van der Waals surface area contributed by atoms with Crippen LogP contribution < -0.4 is 5.73 Å². The summed E-state index contributed by atoms with van der Waals surface area (Å²) in [4.78, 5) is 10.2. The summed E-state index contributed by atoms with van der Waals surface area (Å²) in [5.41, 5.74) is 6.77. The zero-order valence-corrected chi connectivity index (χ0v) is 15.8. The Balaban J connectivity index is 2.11. The van der Waals surface area contributed by atoms with E-state index in [1.54, 1.807) is 19.3 Å². The zero-order valence-electron chi connectivity index (χ0n) is 13.4. The van der Waals surface area contributed by atoms with E-state index in [1.165, 1.54) is 18.4 Å². The first-order valence-electron chi connectivity index (χ1n) is 7.16. The molecule has 1 aliphatic rings. The van der Waals surface area contributed by atoms with Gasteiger partial charge < -0.3 is 5.73 Å². The third kappa shape index (κ3) is 2.89. The molecule has 6 nitrogen and oxygen atoms in total. The van der Waals surface area contributed by atoms with E-state index in [0.717, 1.165) is 20.3 Å². The van der Waals surface area contributed by atoms with Crippen molar-refractivity contribution in [3.05, 3.63) is 40.0 Å². The fraction of sp³-hybridized carbons (Fsp3) is 0.333. The van der Waals surface area contributed by atoms with Gasteiger partial charge in [-0.15, -0.1) is 11.3 Å². The van der Waals surface area contributed by atoms with Crippen molar-refractivity contribution in [1.82, 2.24) is 9.29 Å². The predicted molar refractivity (Wildman–Crippen MR) is 97.8 cm³/mol. The van der Waals surface area contributed by atoms with Gasteiger partial charge in [-0.1, -0.05) is 11.6 Å². The highest BCUT2D eigenvalue weighted by Crippen LogP contribution is 2.44. The summed E-state index contributed by atoms with van der Waals surface area (Å²) in [6.45, 7) is 3.70. The molecule has 0 aromatic carbocycles. The molecular weight excluding hydrogens is 368 g/mol. The van der Waals surface area contributed by atoms with Gasteiger partial charge in [0.2, 0.25) is 16.0 Å². The van der Waals surface area contributed by atoms with Crippen molar-refractivity contribution >= 4 is 38.9 Å². The van der Waals surface area contributed by atoms with Gasteiger partial charge in [0.1, 0.15) is 5.54 Å². The summed E-state index contributed by atoms with van der Waals surface area (Å²) in [7, 11) is -2.14. The molecule has 1 aliphatic heterocycles. The Morgan fingerprint density at radius 1 is 1.38 bits per heavy atom. The van der Waals surface area contributed by atoms with Crippen LogP contribution in [-0.4, -0.2) is 36.5 Å². The largest absolute Gasteiger partial charge is 0.369 e. The second-order valence-electron chi connectivity index (χ2n) is 6.01. The van der Waals surface area contributed by atoms with Crippen molar-refractivity contribution in [2.45, 2.75) is 19.4 Å². The van der Waals surface area contributed by atoms with Crippen molar-refractivity contribution in [2.24, 2.45) is 10.7 Å². The van der Waals surface area contributed by atoms with Crippen molar-refractivity contribution in [3.8, 4) is 10.4 Å². The maximum Gasteiger partial charge on any atom is 0.239 e. The van der Waals surface area contributed by atoms with Crippen LogP contribution in [0, 0.1) is 6.92 Å². The SMILES string of the molecule is Cc1cncc(-c2cc(Cl)c(C3(C)CS(=O)(=O)N(C)C(N)=N3)s2)c1. The number of aryl methyl sites for hydroxylation is 1. The molecule has 3 rings (SSSR count). The number of guanidine groups is 1. The van der Waals surface area contributed by atoms with E-state index in [2.05, 4.69) is 9.98 Å². The molecule has 0 aliphatic carbocycles. The molecule has 0 bridgehead atoms. The Bertz CT molecular complexity index is 939. The van der Waals surface area contributed by atoms with Gasteiger partial charge in [-0.25, -0.2) is 17.7 Å². The van der Waals surface area contributed by atoms with Crippen LogP contribution in [-0.2, 0) is 15.6 Å². The molecule has 1 atom stereocenters. The van der Waals surface area contributed by atoms with Crippen LogP contribution in [0.4, 0.5) is 0 Å². The summed E-state index contributed by atoms with van der Waals surface area (Å²) >= 11 is 7.82. The zero-order chi connectivity index (χ0) is 17.7. The Kier molecular flexibility index (Phi) is 4.09. The molecule has 0 saturated heterocycles. The van der Waals surface area contributed by atoms with Gasteiger partial charge in [-0.05, 0) is 31.5 Å². The lowest BCUT2D eigenvalue weighted by atomic mass is 10.0. The average Bonchev–Trinajstić information content (AvgIpc) is 2.87. The third-order valence-corrected chi connectivity index (χ3v) is 7.70. The van der Waals surface area contributed by atoms with E-state index in [9.17, 15) is 8.42 Å². The fourth-order valence-electron chi connectivity index (χ4n) is 2.63. The fourth-order valence-corrected chi connectivity index (χ4v) is 5.78. The monoisotopic (exact) mass is 384 g/mol. The van der Waals surface area contributed by atoms with E-state index in [0.29, 0.717) is 9.90 Å². The summed E-state index contributed by atoms with van der Waals surface area (Å²) in [6, 6.07) is 3.82. The second-order valence-corrected chi connectivity index (χ2v) is 9.47. The highest BCUT2D eigenvalue weighted by atomic mass is 35.5. The lowest BCUT2D eigenvalue weighted by Crippen LogP contribution is -2.50. The Morgan fingerprint density at radius 2 is 2.08 bits per heavy atom. The van der Waals surface area contributed by atoms with Gasteiger partial charge in [0.15, 0.2) is 0 Å². The van der Waals surface area contributed by atoms with Gasteiger partial charge in [0.25, 0.3) is 0 Å². The van der Waals surface area contributed by atoms with Gasteiger partial charge >= 0.3 is 0 Å². The lowest BCUT2D eigenvalue weighted by molar-refractivity contribution is 0.482. The predicted octanol–water partition coefficient (Wildman–Crippen LogP) is 2.58. The number of hydrogen-bond donors (Lipinski definition) is 1. The van der Waals surface area contributed by atoms with Crippen LogP contribution in [0.5, 0.6) is 0 Å². The minimum atomic E-state index is -3.53. The Labute approximate surface area is 150 Å². The molecule has 9 heteroatoms. The number of rotatable bonds is 2.